The highest BCUT2D eigenvalue weighted by Crippen LogP contribution is 2.40. The standard InChI is InChI=1S/C17H17BrO4/c1-19-13-9-14(18)16(17-20-7-8-21-17)15(10-13)22-11-12-5-3-2-4-6-12/h2-6,9-10,17H,7-8,11H2,1H3. The van der Waals surface area contributed by atoms with Crippen LogP contribution in [0.25, 0.3) is 0 Å². The average molecular weight is 365 g/mol. The van der Waals surface area contributed by atoms with Gasteiger partial charge in [0.15, 0.2) is 6.29 Å². The van der Waals surface area contributed by atoms with Crippen LogP contribution in [0, 0.1) is 0 Å². The minimum absolute atomic E-state index is 0.411. The Morgan fingerprint density at radius 1 is 1.14 bits per heavy atom. The number of hydrogen-bond donors (Lipinski definition) is 0. The smallest absolute Gasteiger partial charge is 0.188 e. The van der Waals surface area contributed by atoms with Crippen LogP contribution in [-0.2, 0) is 16.1 Å². The van der Waals surface area contributed by atoms with Crippen LogP contribution in [0.2, 0.25) is 0 Å². The molecule has 3 rings (SSSR count). The Hall–Kier alpha value is -1.56. The average Bonchev–Trinajstić information content (AvgIpc) is 3.07. The summed E-state index contributed by atoms with van der Waals surface area (Å²) >= 11 is 3.56. The number of rotatable bonds is 5. The van der Waals surface area contributed by atoms with E-state index in [4.69, 9.17) is 18.9 Å². The maximum absolute atomic E-state index is 5.99. The second-order valence-corrected chi connectivity index (χ2v) is 5.72. The predicted octanol–water partition coefficient (Wildman–Crippen LogP) is 4.08. The van der Waals surface area contributed by atoms with Crippen molar-refractivity contribution in [3.05, 3.63) is 58.1 Å². The number of hydrogen-bond acceptors (Lipinski definition) is 4. The molecule has 22 heavy (non-hydrogen) atoms. The van der Waals surface area contributed by atoms with Gasteiger partial charge in [-0.05, 0) is 11.6 Å². The minimum Gasteiger partial charge on any atom is -0.497 e. The lowest BCUT2D eigenvalue weighted by Gasteiger charge is -2.18. The van der Waals surface area contributed by atoms with Gasteiger partial charge in [0.1, 0.15) is 18.1 Å². The van der Waals surface area contributed by atoms with E-state index >= 15 is 0 Å². The molecule has 0 saturated carbocycles. The van der Waals surface area contributed by atoms with E-state index in [-0.39, 0.29) is 0 Å². The molecule has 1 aliphatic rings. The molecule has 2 aromatic carbocycles. The first kappa shape index (κ1) is 15.3. The number of ether oxygens (including phenoxy) is 4. The molecular weight excluding hydrogens is 348 g/mol. The van der Waals surface area contributed by atoms with Crippen molar-refractivity contribution >= 4 is 15.9 Å². The number of benzene rings is 2. The van der Waals surface area contributed by atoms with E-state index in [0.29, 0.717) is 25.6 Å². The van der Waals surface area contributed by atoms with Gasteiger partial charge in [-0.2, -0.15) is 0 Å². The van der Waals surface area contributed by atoms with Crippen molar-refractivity contribution < 1.29 is 18.9 Å². The molecule has 0 radical (unpaired) electrons. The molecule has 1 aliphatic heterocycles. The summed E-state index contributed by atoms with van der Waals surface area (Å²) in [6, 6.07) is 13.8. The Bertz CT molecular complexity index is 624. The highest BCUT2D eigenvalue weighted by atomic mass is 79.9. The van der Waals surface area contributed by atoms with E-state index in [2.05, 4.69) is 15.9 Å². The lowest BCUT2D eigenvalue weighted by Crippen LogP contribution is -2.05. The quantitative estimate of drug-likeness (QED) is 0.800. The molecule has 1 saturated heterocycles. The van der Waals surface area contributed by atoms with Gasteiger partial charge in [0.25, 0.3) is 0 Å². The first-order valence-electron chi connectivity index (χ1n) is 7.05. The summed E-state index contributed by atoms with van der Waals surface area (Å²) in [5.41, 5.74) is 1.95. The van der Waals surface area contributed by atoms with Crippen molar-refractivity contribution in [1.29, 1.82) is 0 Å². The summed E-state index contributed by atoms with van der Waals surface area (Å²) in [7, 11) is 1.63. The molecule has 1 heterocycles. The Labute approximate surface area is 138 Å². The second kappa shape index (κ2) is 7.13. The Morgan fingerprint density at radius 3 is 2.55 bits per heavy atom. The summed E-state index contributed by atoms with van der Waals surface area (Å²) in [5.74, 6) is 1.42. The third-order valence-corrected chi connectivity index (χ3v) is 4.05. The van der Waals surface area contributed by atoms with Gasteiger partial charge < -0.3 is 18.9 Å². The van der Waals surface area contributed by atoms with E-state index in [1.54, 1.807) is 7.11 Å². The third-order valence-electron chi connectivity index (χ3n) is 3.40. The van der Waals surface area contributed by atoms with E-state index in [0.717, 1.165) is 21.3 Å². The second-order valence-electron chi connectivity index (χ2n) is 4.87. The van der Waals surface area contributed by atoms with Gasteiger partial charge in [-0.3, -0.25) is 0 Å². The van der Waals surface area contributed by atoms with Gasteiger partial charge in [0, 0.05) is 10.5 Å². The van der Waals surface area contributed by atoms with E-state index in [1.807, 2.05) is 42.5 Å². The van der Waals surface area contributed by atoms with Crippen molar-refractivity contribution in [1.82, 2.24) is 0 Å². The van der Waals surface area contributed by atoms with Crippen LogP contribution in [0.1, 0.15) is 17.4 Å². The first-order valence-corrected chi connectivity index (χ1v) is 7.84. The normalized spacial score (nSPS) is 15.0. The van der Waals surface area contributed by atoms with Crippen LogP contribution in [0.3, 0.4) is 0 Å². The van der Waals surface area contributed by atoms with Crippen molar-refractivity contribution in [2.24, 2.45) is 0 Å². The van der Waals surface area contributed by atoms with E-state index in [1.165, 1.54) is 0 Å². The van der Waals surface area contributed by atoms with Crippen molar-refractivity contribution in [3.63, 3.8) is 0 Å². The molecule has 0 bridgehead atoms. The molecule has 0 atom stereocenters. The summed E-state index contributed by atoms with van der Waals surface area (Å²) in [5, 5.41) is 0. The zero-order chi connectivity index (χ0) is 15.4. The van der Waals surface area contributed by atoms with Crippen LogP contribution in [0.15, 0.2) is 46.9 Å². The van der Waals surface area contributed by atoms with Crippen LogP contribution in [-0.4, -0.2) is 20.3 Å². The zero-order valence-corrected chi connectivity index (χ0v) is 13.8. The number of methoxy groups -OCH3 is 1. The lowest BCUT2D eigenvalue weighted by molar-refractivity contribution is -0.0464. The molecule has 4 nitrogen and oxygen atoms in total. The van der Waals surface area contributed by atoms with Crippen LogP contribution in [0.4, 0.5) is 0 Å². The minimum atomic E-state index is -0.411. The highest BCUT2D eigenvalue weighted by molar-refractivity contribution is 9.10. The molecular formula is C17H17BrO4. The van der Waals surface area contributed by atoms with Gasteiger partial charge in [-0.1, -0.05) is 46.3 Å². The summed E-state index contributed by atoms with van der Waals surface area (Å²) in [6.45, 7) is 1.64. The van der Waals surface area contributed by atoms with Crippen LogP contribution in [0.5, 0.6) is 11.5 Å². The summed E-state index contributed by atoms with van der Waals surface area (Å²) < 4.78 is 23.4. The fourth-order valence-electron chi connectivity index (χ4n) is 2.30. The maximum Gasteiger partial charge on any atom is 0.188 e. The predicted molar refractivity (Wildman–Crippen MR) is 86.1 cm³/mol. The molecule has 0 amide bonds. The van der Waals surface area contributed by atoms with E-state index in [9.17, 15) is 0 Å². The number of halogens is 1. The fraction of sp³-hybridized carbons (Fsp3) is 0.294. The third kappa shape index (κ3) is 3.43. The molecule has 2 aromatic rings. The molecule has 0 aromatic heterocycles. The molecule has 1 fully saturated rings. The summed E-state index contributed by atoms with van der Waals surface area (Å²) in [4.78, 5) is 0. The maximum atomic E-state index is 5.99. The first-order chi connectivity index (χ1) is 10.8. The molecule has 0 aliphatic carbocycles. The molecule has 5 heteroatoms. The van der Waals surface area contributed by atoms with Gasteiger partial charge in [-0.25, -0.2) is 0 Å². The monoisotopic (exact) mass is 364 g/mol. The lowest BCUT2D eigenvalue weighted by atomic mass is 10.1. The van der Waals surface area contributed by atoms with Crippen molar-refractivity contribution in [2.75, 3.05) is 20.3 Å². The molecule has 116 valence electrons. The van der Waals surface area contributed by atoms with Gasteiger partial charge in [-0.15, -0.1) is 0 Å². The molecule has 0 N–H and O–H groups in total. The SMILES string of the molecule is COc1cc(Br)c(C2OCCO2)c(OCc2ccccc2)c1. The van der Waals surface area contributed by atoms with Crippen molar-refractivity contribution in [2.45, 2.75) is 12.9 Å². The zero-order valence-electron chi connectivity index (χ0n) is 12.3. The van der Waals surface area contributed by atoms with Crippen LogP contribution >= 0.6 is 15.9 Å². The molecule has 0 unspecified atom stereocenters. The van der Waals surface area contributed by atoms with Gasteiger partial charge in [0.2, 0.25) is 0 Å². The van der Waals surface area contributed by atoms with E-state index < -0.39 is 6.29 Å². The Kier molecular flexibility index (Phi) is 4.97. The summed E-state index contributed by atoms with van der Waals surface area (Å²) in [6.07, 6.45) is -0.411. The van der Waals surface area contributed by atoms with Gasteiger partial charge in [0.05, 0.1) is 25.9 Å². The van der Waals surface area contributed by atoms with Crippen molar-refractivity contribution in [3.8, 4) is 11.5 Å². The van der Waals surface area contributed by atoms with Gasteiger partial charge >= 0.3 is 0 Å². The largest absolute Gasteiger partial charge is 0.497 e. The topological polar surface area (TPSA) is 36.9 Å². The Balaban J connectivity index is 1.88. The Morgan fingerprint density at radius 2 is 1.86 bits per heavy atom. The highest BCUT2D eigenvalue weighted by Gasteiger charge is 2.26. The molecule has 0 spiro atoms. The fourth-order valence-corrected chi connectivity index (χ4v) is 2.90. The van der Waals surface area contributed by atoms with Crippen LogP contribution < -0.4 is 9.47 Å².